The second-order valence-corrected chi connectivity index (χ2v) is 4.97. The van der Waals surface area contributed by atoms with E-state index in [2.05, 4.69) is 5.32 Å². The summed E-state index contributed by atoms with van der Waals surface area (Å²) in [5.74, 6) is 0.136. The largest absolute Gasteiger partial charge is 0.378 e. The van der Waals surface area contributed by atoms with Crippen molar-refractivity contribution in [3.63, 3.8) is 0 Å². The third-order valence-electron chi connectivity index (χ3n) is 3.49. The van der Waals surface area contributed by atoms with Crippen LogP contribution in [0.1, 0.15) is 16.8 Å². The molecule has 0 aromatic heterocycles. The summed E-state index contributed by atoms with van der Waals surface area (Å²) in [7, 11) is 5.91. The maximum Gasteiger partial charge on any atom is 0.253 e. The molecule has 1 aromatic carbocycles. The highest BCUT2D eigenvalue weighted by atomic mass is 16.2. The normalized spacial score (nSPS) is 19.1. The minimum Gasteiger partial charge on any atom is -0.378 e. The number of nitrogens with zero attached hydrogens (tertiary/aromatic N) is 2. The lowest BCUT2D eigenvalue weighted by molar-refractivity contribution is 0.0790. The number of rotatable bonds is 3. The summed E-state index contributed by atoms with van der Waals surface area (Å²) in [6.45, 7) is 1.65. The van der Waals surface area contributed by atoms with E-state index in [-0.39, 0.29) is 5.91 Å². The molecule has 1 saturated heterocycles. The molecule has 1 heterocycles. The molecule has 1 N–H and O–H groups in total. The van der Waals surface area contributed by atoms with Crippen molar-refractivity contribution in [3.05, 3.63) is 29.8 Å². The highest BCUT2D eigenvalue weighted by Gasteiger charge is 2.25. The molecule has 1 unspecified atom stereocenters. The van der Waals surface area contributed by atoms with Crippen LogP contribution in [0.15, 0.2) is 24.3 Å². The first-order chi connectivity index (χ1) is 8.61. The molecule has 2 rings (SSSR count). The van der Waals surface area contributed by atoms with Gasteiger partial charge in [0.1, 0.15) is 0 Å². The van der Waals surface area contributed by atoms with Gasteiger partial charge < -0.3 is 15.1 Å². The molecule has 1 amide bonds. The Morgan fingerprint density at radius 2 is 2.22 bits per heavy atom. The Morgan fingerprint density at radius 3 is 2.83 bits per heavy atom. The predicted molar refractivity (Wildman–Crippen MR) is 74.1 cm³/mol. The number of hydrogen-bond acceptors (Lipinski definition) is 3. The molecule has 1 aliphatic heterocycles. The van der Waals surface area contributed by atoms with E-state index < -0.39 is 0 Å². The highest BCUT2D eigenvalue weighted by Crippen LogP contribution is 2.17. The first-order valence-corrected chi connectivity index (χ1v) is 6.35. The molecule has 4 heteroatoms. The molecule has 0 saturated carbocycles. The van der Waals surface area contributed by atoms with Gasteiger partial charge in [-0.15, -0.1) is 0 Å². The summed E-state index contributed by atoms with van der Waals surface area (Å²) in [6.07, 6.45) is 1.04. The summed E-state index contributed by atoms with van der Waals surface area (Å²) in [5.41, 5.74) is 1.84. The van der Waals surface area contributed by atoms with Gasteiger partial charge in [0, 0.05) is 44.5 Å². The Kier molecular flexibility index (Phi) is 3.87. The number of hydrogen-bond donors (Lipinski definition) is 1. The van der Waals surface area contributed by atoms with E-state index >= 15 is 0 Å². The molecule has 1 fully saturated rings. The number of likely N-dealkylation sites (N-methyl/N-ethyl adjacent to an activating group) is 1. The van der Waals surface area contributed by atoms with Crippen LogP contribution in [0.25, 0.3) is 0 Å². The van der Waals surface area contributed by atoms with Crippen molar-refractivity contribution in [2.75, 3.05) is 39.1 Å². The smallest absolute Gasteiger partial charge is 0.253 e. The number of carbonyl (C=O) groups excluding carboxylic acids is 1. The Morgan fingerprint density at radius 1 is 1.44 bits per heavy atom. The van der Waals surface area contributed by atoms with Crippen LogP contribution < -0.4 is 10.2 Å². The van der Waals surface area contributed by atoms with Crippen molar-refractivity contribution >= 4 is 11.6 Å². The second-order valence-electron chi connectivity index (χ2n) is 4.97. The van der Waals surface area contributed by atoms with Crippen molar-refractivity contribution in [2.24, 2.45) is 0 Å². The molecule has 0 spiro atoms. The fourth-order valence-electron chi connectivity index (χ4n) is 2.28. The van der Waals surface area contributed by atoms with Gasteiger partial charge in [-0.2, -0.15) is 0 Å². The third-order valence-corrected chi connectivity index (χ3v) is 3.49. The molecular formula is C14H21N3O. The molecule has 1 aliphatic rings. The van der Waals surface area contributed by atoms with Crippen LogP contribution in [0.3, 0.4) is 0 Å². The fourth-order valence-corrected chi connectivity index (χ4v) is 2.28. The maximum atomic E-state index is 12.4. The Labute approximate surface area is 109 Å². The summed E-state index contributed by atoms with van der Waals surface area (Å²) >= 11 is 0. The minimum absolute atomic E-state index is 0.136. The quantitative estimate of drug-likeness (QED) is 0.871. The first kappa shape index (κ1) is 12.9. The van der Waals surface area contributed by atoms with E-state index in [9.17, 15) is 4.79 Å². The van der Waals surface area contributed by atoms with Crippen LogP contribution in [0.4, 0.5) is 5.69 Å². The third kappa shape index (κ3) is 2.64. The Bertz CT molecular complexity index is 431. The number of nitrogens with one attached hydrogen (secondary N) is 1. The van der Waals surface area contributed by atoms with E-state index in [1.165, 1.54) is 0 Å². The van der Waals surface area contributed by atoms with Gasteiger partial charge in [0.05, 0.1) is 0 Å². The molecule has 98 valence electrons. The zero-order valence-corrected chi connectivity index (χ0v) is 11.3. The number of benzene rings is 1. The van der Waals surface area contributed by atoms with Crippen LogP contribution in [0.2, 0.25) is 0 Å². The molecule has 18 heavy (non-hydrogen) atoms. The molecular weight excluding hydrogens is 226 g/mol. The minimum atomic E-state index is 0.136. The van der Waals surface area contributed by atoms with Gasteiger partial charge in [0.25, 0.3) is 5.91 Å². The van der Waals surface area contributed by atoms with Crippen LogP contribution >= 0.6 is 0 Å². The first-order valence-electron chi connectivity index (χ1n) is 6.35. The van der Waals surface area contributed by atoms with Gasteiger partial charge in [0.2, 0.25) is 0 Å². The van der Waals surface area contributed by atoms with Crippen molar-refractivity contribution in [3.8, 4) is 0 Å². The van der Waals surface area contributed by atoms with E-state index in [0.717, 1.165) is 30.8 Å². The Hall–Kier alpha value is -1.55. The number of likely N-dealkylation sites (tertiary alicyclic amines) is 1. The van der Waals surface area contributed by atoms with Gasteiger partial charge in [0.15, 0.2) is 0 Å². The molecule has 4 nitrogen and oxygen atoms in total. The Balaban J connectivity index is 2.12. The standard InChI is InChI=1S/C14H21N3O/c1-15-12-7-8-17(10-12)14(18)11-5-4-6-13(9-11)16(2)3/h4-6,9,12,15H,7-8,10H2,1-3H3. The van der Waals surface area contributed by atoms with E-state index in [4.69, 9.17) is 0 Å². The van der Waals surface area contributed by atoms with Gasteiger partial charge in [-0.25, -0.2) is 0 Å². The fraction of sp³-hybridized carbons (Fsp3) is 0.500. The summed E-state index contributed by atoms with van der Waals surface area (Å²) in [4.78, 5) is 16.3. The van der Waals surface area contributed by atoms with Crippen LogP contribution in [0, 0.1) is 0 Å². The van der Waals surface area contributed by atoms with Crippen molar-refractivity contribution in [2.45, 2.75) is 12.5 Å². The van der Waals surface area contributed by atoms with E-state index in [0.29, 0.717) is 6.04 Å². The van der Waals surface area contributed by atoms with Gasteiger partial charge in [-0.05, 0) is 31.7 Å². The highest BCUT2D eigenvalue weighted by molar-refractivity contribution is 5.95. The predicted octanol–water partition coefficient (Wildman–Crippen LogP) is 1.19. The number of anilines is 1. The zero-order chi connectivity index (χ0) is 13.1. The lowest BCUT2D eigenvalue weighted by atomic mass is 10.1. The molecule has 1 atom stereocenters. The summed E-state index contributed by atoms with van der Waals surface area (Å²) in [5, 5.41) is 3.23. The van der Waals surface area contributed by atoms with Crippen molar-refractivity contribution in [1.29, 1.82) is 0 Å². The zero-order valence-electron chi connectivity index (χ0n) is 11.3. The van der Waals surface area contributed by atoms with Crippen LogP contribution in [-0.2, 0) is 0 Å². The molecule has 0 aliphatic carbocycles. The summed E-state index contributed by atoms with van der Waals surface area (Å²) in [6, 6.07) is 8.23. The summed E-state index contributed by atoms with van der Waals surface area (Å²) < 4.78 is 0. The van der Waals surface area contributed by atoms with E-state index in [1.54, 1.807) is 0 Å². The second kappa shape index (κ2) is 5.40. The van der Waals surface area contributed by atoms with Gasteiger partial charge in [-0.1, -0.05) is 6.07 Å². The molecule has 0 radical (unpaired) electrons. The molecule has 1 aromatic rings. The monoisotopic (exact) mass is 247 g/mol. The SMILES string of the molecule is CNC1CCN(C(=O)c2cccc(N(C)C)c2)C1. The maximum absolute atomic E-state index is 12.4. The van der Waals surface area contributed by atoms with Crippen molar-refractivity contribution < 1.29 is 4.79 Å². The number of carbonyl (C=O) groups is 1. The van der Waals surface area contributed by atoms with Crippen LogP contribution in [-0.4, -0.2) is 51.1 Å². The molecule has 0 bridgehead atoms. The average molecular weight is 247 g/mol. The van der Waals surface area contributed by atoms with Gasteiger partial charge in [-0.3, -0.25) is 4.79 Å². The van der Waals surface area contributed by atoms with Gasteiger partial charge >= 0.3 is 0 Å². The average Bonchev–Trinajstić information content (AvgIpc) is 2.86. The lowest BCUT2D eigenvalue weighted by Gasteiger charge is -2.18. The lowest BCUT2D eigenvalue weighted by Crippen LogP contribution is -2.33. The van der Waals surface area contributed by atoms with Crippen LogP contribution in [0.5, 0.6) is 0 Å². The topological polar surface area (TPSA) is 35.6 Å². The number of amides is 1. The van der Waals surface area contributed by atoms with E-state index in [1.807, 2.05) is 55.2 Å². The van der Waals surface area contributed by atoms with Crippen molar-refractivity contribution in [1.82, 2.24) is 10.2 Å².